The summed E-state index contributed by atoms with van der Waals surface area (Å²) in [6.45, 7) is 8.99. The van der Waals surface area contributed by atoms with E-state index in [0.29, 0.717) is 24.9 Å². The molecule has 3 nitrogen and oxygen atoms in total. The fourth-order valence-corrected chi connectivity index (χ4v) is 2.82. The molecule has 2 atom stereocenters. The molecule has 1 N–H and O–H groups in total. The van der Waals surface area contributed by atoms with Crippen LogP contribution in [-0.4, -0.2) is 24.9 Å². The number of hydrogen-bond acceptors (Lipinski definition) is 3. The lowest BCUT2D eigenvalue weighted by atomic mass is 10.0. The summed E-state index contributed by atoms with van der Waals surface area (Å²) < 4.78 is 11.9. The highest BCUT2D eigenvalue weighted by Crippen LogP contribution is 2.23. The van der Waals surface area contributed by atoms with Crippen molar-refractivity contribution in [2.75, 3.05) is 6.54 Å². The summed E-state index contributed by atoms with van der Waals surface area (Å²) in [6.07, 6.45) is 2.93. The lowest BCUT2D eigenvalue weighted by Crippen LogP contribution is -2.34. The zero-order chi connectivity index (χ0) is 14.4. The fraction of sp³-hybridized carbons (Fsp3) is 0.647. The van der Waals surface area contributed by atoms with Gasteiger partial charge in [0.1, 0.15) is 0 Å². The van der Waals surface area contributed by atoms with Crippen molar-refractivity contribution in [3.63, 3.8) is 0 Å². The second-order valence-corrected chi connectivity index (χ2v) is 5.71. The first-order valence-corrected chi connectivity index (χ1v) is 7.73. The second-order valence-electron chi connectivity index (χ2n) is 5.71. The molecule has 3 heteroatoms. The van der Waals surface area contributed by atoms with Crippen LogP contribution in [0.3, 0.4) is 0 Å². The molecule has 1 aliphatic heterocycles. The molecule has 0 amide bonds. The highest BCUT2D eigenvalue weighted by atomic mass is 16.5. The molecule has 1 saturated heterocycles. The van der Waals surface area contributed by atoms with E-state index in [4.69, 9.17) is 9.47 Å². The fourth-order valence-electron chi connectivity index (χ4n) is 2.82. The van der Waals surface area contributed by atoms with Crippen molar-refractivity contribution in [1.29, 1.82) is 0 Å². The van der Waals surface area contributed by atoms with Gasteiger partial charge in [-0.15, -0.1) is 0 Å². The van der Waals surface area contributed by atoms with Crippen molar-refractivity contribution in [3.05, 3.63) is 35.4 Å². The van der Waals surface area contributed by atoms with Crippen LogP contribution in [0.4, 0.5) is 0 Å². The Bertz CT molecular complexity index is 398. The van der Waals surface area contributed by atoms with Crippen molar-refractivity contribution >= 4 is 0 Å². The molecule has 20 heavy (non-hydrogen) atoms. The highest BCUT2D eigenvalue weighted by molar-refractivity contribution is 5.26. The molecule has 112 valence electrons. The molecule has 2 rings (SSSR count). The summed E-state index contributed by atoms with van der Waals surface area (Å²) in [5, 5.41) is 3.38. The van der Waals surface area contributed by atoms with Gasteiger partial charge in [0.2, 0.25) is 0 Å². The quantitative estimate of drug-likeness (QED) is 0.865. The van der Waals surface area contributed by atoms with Gasteiger partial charge in [0.05, 0.1) is 24.9 Å². The third-order valence-electron chi connectivity index (χ3n) is 3.81. The number of nitrogens with one attached hydrogen (secondary N) is 1. The average Bonchev–Trinajstić information content (AvgIpc) is 2.43. The van der Waals surface area contributed by atoms with Gasteiger partial charge in [-0.3, -0.25) is 0 Å². The van der Waals surface area contributed by atoms with E-state index in [1.165, 1.54) is 11.1 Å². The van der Waals surface area contributed by atoms with Gasteiger partial charge in [-0.1, -0.05) is 31.2 Å². The average molecular weight is 277 g/mol. The SMILES string of the molecule is CCNCc1ccccc1COC1CC(C)OC(C)C1. The minimum Gasteiger partial charge on any atom is -0.375 e. The van der Waals surface area contributed by atoms with E-state index in [-0.39, 0.29) is 0 Å². The maximum absolute atomic E-state index is 6.12. The van der Waals surface area contributed by atoms with E-state index < -0.39 is 0 Å². The first kappa shape index (κ1) is 15.5. The van der Waals surface area contributed by atoms with E-state index in [2.05, 4.69) is 50.4 Å². The Kier molecular flexibility index (Phi) is 6.02. The van der Waals surface area contributed by atoms with Gasteiger partial charge in [0.25, 0.3) is 0 Å². The summed E-state index contributed by atoms with van der Waals surface area (Å²) in [7, 11) is 0. The molecule has 0 aromatic heterocycles. The van der Waals surface area contributed by atoms with Gasteiger partial charge >= 0.3 is 0 Å². The van der Waals surface area contributed by atoms with Gasteiger partial charge in [0, 0.05) is 6.54 Å². The molecular formula is C17H27NO2. The van der Waals surface area contributed by atoms with Crippen LogP contribution in [0, 0.1) is 0 Å². The van der Waals surface area contributed by atoms with Gasteiger partial charge in [-0.25, -0.2) is 0 Å². The van der Waals surface area contributed by atoms with Crippen LogP contribution in [0.25, 0.3) is 0 Å². The Morgan fingerprint density at radius 2 is 1.80 bits per heavy atom. The molecule has 0 saturated carbocycles. The smallest absolute Gasteiger partial charge is 0.0723 e. The van der Waals surface area contributed by atoms with E-state index in [1.54, 1.807) is 0 Å². The Labute approximate surface area is 122 Å². The zero-order valence-corrected chi connectivity index (χ0v) is 12.9. The molecule has 2 unspecified atom stereocenters. The third kappa shape index (κ3) is 4.58. The molecule has 0 spiro atoms. The van der Waals surface area contributed by atoms with Crippen molar-refractivity contribution in [2.45, 2.75) is 65.1 Å². The maximum atomic E-state index is 6.12. The summed E-state index contributed by atoms with van der Waals surface area (Å²) >= 11 is 0. The molecule has 1 aromatic carbocycles. The zero-order valence-electron chi connectivity index (χ0n) is 12.9. The number of ether oxygens (including phenoxy) is 2. The van der Waals surface area contributed by atoms with Crippen LogP contribution >= 0.6 is 0 Å². The lowest BCUT2D eigenvalue weighted by molar-refractivity contribution is -0.106. The summed E-state index contributed by atoms with van der Waals surface area (Å²) in [4.78, 5) is 0. The monoisotopic (exact) mass is 277 g/mol. The maximum Gasteiger partial charge on any atom is 0.0723 e. The minimum absolute atomic E-state index is 0.306. The Morgan fingerprint density at radius 3 is 2.45 bits per heavy atom. The highest BCUT2D eigenvalue weighted by Gasteiger charge is 2.24. The van der Waals surface area contributed by atoms with Gasteiger partial charge in [-0.2, -0.15) is 0 Å². The predicted molar refractivity (Wildman–Crippen MR) is 81.6 cm³/mol. The van der Waals surface area contributed by atoms with Crippen LogP contribution in [0.5, 0.6) is 0 Å². The molecule has 1 aromatic rings. The van der Waals surface area contributed by atoms with Gasteiger partial charge in [-0.05, 0) is 44.4 Å². The van der Waals surface area contributed by atoms with E-state index in [0.717, 1.165) is 25.9 Å². The standard InChI is InChI=1S/C17H27NO2/c1-4-18-11-15-7-5-6-8-16(15)12-19-17-9-13(2)20-14(3)10-17/h5-8,13-14,17-18H,4,9-12H2,1-3H3. The van der Waals surface area contributed by atoms with Crippen LogP contribution in [-0.2, 0) is 22.6 Å². The molecule has 1 heterocycles. The normalized spacial score (nSPS) is 26.6. The Balaban J connectivity index is 1.90. The third-order valence-corrected chi connectivity index (χ3v) is 3.81. The molecule has 0 bridgehead atoms. The van der Waals surface area contributed by atoms with E-state index in [9.17, 15) is 0 Å². The number of benzene rings is 1. The largest absolute Gasteiger partial charge is 0.375 e. The molecular weight excluding hydrogens is 250 g/mol. The van der Waals surface area contributed by atoms with Crippen LogP contribution in [0.2, 0.25) is 0 Å². The summed E-state index contributed by atoms with van der Waals surface area (Å²) in [5.74, 6) is 0. The van der Waals surface area contributed by atoms with Crippen LogP contribution in [0.1, 0.15) is 44.7 Å². The minimum atomic E-state index is 0.306. The first-order valence-electron chi connectivity index (χ1n) is 7.73. The number of rotatable bonds is 6. The first-order chi connectivity index (χ1) is 9.69. The van der Waals surface area contributed by atoms with Crippen LogP contribution < -0.4 is 5.32 Å². The van der Waals surface area contributed by atoms with Crippen molar-refractivity contribution in [2.24, 2.45) is 0 Å². The summed E-state index contributed by atoms with van der Waals surface area (Å²) in [5.41, 5.74) is 2.63. The van der Waals surface area contributed by atoms with Gasteiger partial charge in [0.15, 0.2) is 0 Å². The molecule has 0 radical (unpaired) electrons. The van der Waals surface area contributed by atoms with E-state index in [1.807, 2.05) is 0 Å². The molecule has 1 fully saturated rings. The van der Waals surface area contributed by atoms with Crippen molar-refractivity contribution < 1.29 is 9.47 Å². The van der Waals surface area contributed by atoms with Crippen molar-refractivity contribution in [1.82, 2.24) is 5.32 Å². The summed E-state index contributed by atoms with van der Waals surface area (Å²) in [6, 6.07) is 8.52. The number of hydrogen-bond donors (Lipinski definition) is 1. The lowest BCUT2D eigenvalue weighted by Gasteiger charge is -2.32. The topological polar surface area (TPSA) is 30.5 Å². The molecule has 1 aliphatic rings. The Hall–Kier alpha value is -0.900. The van der Waals surface area contributed by atoms with Crippen LogP contribution in [0.15, 0.2) is 24.3 Å². The predicted octanol–water partition coefficient (Wildman–Crippen LogP) is 3.27. The van der Waals surface area contributed by atoms with Crippen molar-refractivity contribution in [3.8, 4) is 0 Å². The van der Waals surface area contributed by atoms with E-state index >= 15 is 0 Å². The van der Waals surface area contributed by atoms with Gasteiger partial charge < -0.3 is 14.8 Å². The molecule has 0 aliphatic carbocycles. The second kappa shape index (κ2) is 7.77. The Morgan fingerprint density at radius 1 is 1.15 bits per heavy atom.